The summed E-state index contributed by atoms with van der Waals surface area (Å²) in [5.74, 6) is 0.658. The van der Waals surface area contributed by atoms with Crippen molar-refractivity contribution in [3.63, 3.8) is 0 Å². The van der Waals surface area contributed by atoms with Crippen LogP contribution in [0, 0.1) is 10.8 Å². The topological polar surface area (TPSA) is 85.7 Å². The lowest BCUT2D eigenvalue weighted by atomic mass is 9.88. The third kappa shape index (κ3) is 12.5. The molecule has 240 valence electrons. The Labute approximate surface area is 261 Å². The van der Waals surface area contributed by atoms with Crippen LogP contribution in [0.4, 0.5) is 0 Å². The first-order valence-corrected chi connectivity index (χ1v) is 15.8. The van der Waals surface area contributed by atoms with E-state index in [0.717, 1.165) is 44.1 Å². The largest absolute Gasteiger partial charge is 0.508 e. The molecule has 1 aliphatic rings. The van der Waals surface area contributed by atoms with Crippen LogP contribution in [0.3, 0.4) is 0 Å². The van der Waals surface area contributed by atoms with E-state index >= 15 is 0 Å². The molecule has 2 atom stereocenters. The smallest absolute Gasteiger partial charge is 0.312 e. The van der Waals surface area contributed by atoms with Crippen LogP contribution in [0.1, 0.15) is 132 Å². The van der Waals surface area contributed by atoms with Crippen molar-refractivity contribution < 1.29 is 24.2 Å². The van der Waals surface area contributed by atoms with Crippen molar-refractivity contribution in [3.05, 3.63) is 72.1 Å². The van der Waals surface area contributed by atoms with Crippen LogP contribution < -0.4 is 0 Å². The van der Waals surface area contributed by atoms with Crippen LogP contribution >= 0.6 is 0 Å². The Morgan fingerprint density at radius 2 is 1.53 bits per heavy atom. The molecule has 1 aromatic carbocycles. The van der Waals surface area contributed by atoms with E-state index < -0.39 is 11.0 Å². The van der Waals surface area contributed by atoms with E-state index in [1.165, 1.54) is 5.56 Å². The Morgan fingerprint density at radius 3 is 2.02 bits per heavy atom. The number of ether oxygens (including phenoxy) is 2. The Bertz CT molecular complexity index is 1170. The van der Waals surface area contributed by atoms with E-state index in [4.69, 9.17) is 14.6 Å². The first-order chi connectivity index (χ1) is 19.9. The lowest BCUT2D eigenvalue weighted by Gasteiger charge is -2.32. The molecule has 0 aliphatic heterocycles. The number of aromatic nitrogens is 1. The number of esters is 2. The molecule has 0 spiro atoms. The number of allylic oxidation sites excluding steroid dienone is 1. The zero-order valence-corrected chi connectivity index (χ0v) is 28.6. The molecule has 1 aliphatic carbocycles. The van der Waals surface area contributed by atoms with Crippen molar-refractivity contribution in [1.29, 1.82) is 0 Å². The van der Waals surface area contributed by atoms with Crippen LogP contribution in [0.25, 0.3) is 0 Å². The second-order valence-electron chi connectivity index (χ2n) is 13.5. The molecule has 0 bridgehead atoms. The minimum atomic E-state index is -0.619. The zero-order chi connectivity index (χ0) is 32.9. The van der Waals surface area contributed by atoms with Crippen molar-refractivity contribution >= 4 is 11.9 Å². The van der Waals surface area contributed by atoms with Gasteiger partial charge < -0.3 is 14.6 Å². The average molecular weight is 596 g/mol. The lowest BCUT2D eigenvalue weighted by Crippen LogP contribution is -2.37. The maximum absolute atomic E-state index is 12.0. The van der Waals surface area contributed by atoms with E-state index in [-0.39, 0.29) is 23.0 Å². The summed E-state index contributed by atoms with van der Waals surface area (Å²) < 4.78 is 11.2. The van der Waals surface area contributed by atoms with Crippen LogP contribution in [0.15, 0.2) is 60.9 Å². The van der Waals surface area contributed by atoms with Gasteiger partial charge in [-0.05, 0) is 134 Å². The summed E-state index contributed by atoms with van der Waals surface area (Å²) in [4.78, 5) is 27.9. The number of rotatable bonds is 9. The predicted octanol–water partition coefficient (Wildman–Crippen LogP) is 9.67. The number of phenolic OH excluding ortho intramolecular Hbond substituents is 1. The number of pyridine rings is 1. The molecule has 6 nitrogen and oxygen atoms in total. The number of nitrogens with zero attached hydrogens (tertiary/aromatic N) is 1. The monoisotopic (exact) mass is 595 g/mol. The summed E-state index contributed by atoms with van der Waals surface area (Å²) >= 11 is 0. The normalized spacial score (nSPS) is 17.4. The Balaban J connectivity index is 0.000000330. The van der Waals surface area contributed by atoms with Crippen molar-refractivity contribution in [2.24, 2.45) is 10.8 Å². The molecular formula is C37H57NO5. The van der Waals surface area contributed by atoms with Gasteiger partial charge in [0.2, 0.25) is 0 Å². The SMILES string of the molecule is CCC(C)(C)C(=O)OC(C)(C)c1ccncc1.CCC(C)(C)C(=O)OC1(C)C=CCCC1.CCC(C)c1cccc(O)c1. The highest BCUT2D eigenvalue weighted by atomic mass is 16.6. The van der Waals surface area contributed by atoms with Gasteiger partial charge in [0.1, 0.15) is 17.0 Å². The molecule has 1 heterocycles. The molecule has 43 heavy (non-hydrogen) atoms. The van der Waals surface area contributed by atoms with Gasteiger partial charge in [-0.3, -0.25) is 14.6 Å². The second-order valence-corrected chi connectivity index (χ2v) is 13.5. The fraction of sp³-hybridized carbons (Fsp3) is 0.595. The van der Waals surface area contributed by atoms with Gasteiger partial charge in [0, 0.05) is 12.4 Å². The summed E-state index contributed by atoms with van der Waals surface area (Å²) in [6, 6.07) is 11.2. The quantitative estimate of drug-likeness (QED) is 0.229. The molecule has 0 saturated carbocycles. The Hall–Kier alpha value is -3.15. The number of carbonyl (C=O) groups excluding carboxylic acids is 2. The molecule has 3 rings (SSSR count). The van der Waals surface area contributed by atoms with Gasteiger partial charge in [-0.15, -0.1) is 0 Å². The first kappa shape index (κ1) is 37.9. The van der Waals surface area contributed by atoms with Gasteiger partial charge in [0.05, 0.1) is 10.8 Å². The zero-order valence-electron chi connectivity index (χ0n) is 28.6. The number of carbonyl (C=O) groups is 2. The van der Waals surface area contributed by atoms with Gasteiger partial charge in [-0.25, -0.2) is 0 Å². The van der Waals surface area contributed by atoms with Gasteiger partial charge in [-0.1, -0.05) is 45.9 Å². The molecule has 2 unspecified atom stereocenters. The number of hydrogen-bond donors (Lipinski definition) is 1. The minimum Gasteiger partial charge on any atom is -0.508 e. The molecule has 2 aromatic rings. The van der Waals surface area contributed by atoms with Gasteiger partial charge >= 0.3 is 11.9 Å². The summed E-state index contributed by atoms with van der Waals surface area (Å²) in [5.41, 5.74) is 0.368. The number of aromatic hydroxyl groups is 1. The summed E-state index contributed by atoms with van der Waals surface area (Å²) in [5, 5.41) is 9.16. The maximum Gasteiger partial charge on any atom is 0.312 e. The molecule has 1 N–H and O–H groups in total. The van der Waals surface area contributed by atoms with Gasteiger partial charge in [0.15, 0.2) is 0 Å². The third-order valence-electron chi connectivity index (χ3n) is 8.49. The predicted molar refractivity (Wildman–Crippen MR) is 176 cm³/mol. The second kappa shape index (κ2) is 16.6. The summed E-state index contributed by atoms with van der Waals surface area (Å²) in [6.07, 6.45) is 13.4. The number of hydrogen-bond acceptors (Lipinski definition) is 6. The summed E-state index contributed by atoms with van der Waals surface area (Å²) in [6.45, 7) is 21.8. The van der Waals surface area contributed by atoms with E-state index in [1.807, 2.05) is 98.7 Å². The van der Waals surface area contributed by atoms with E-state index in [0.29, 0.717) is 11.7 Å². The molecule has 0 fully saturated rings. The Morgan fingerprint density at radius 1 is 0.953 bits per heavy atom. The molecule has 0 radical (unpaired) electrons. The molecule has 0 saturated heterocycles. The molecule has 0 amide bonds. The standard InChI is InChI=1S/C14H21NO2.C13H22O2.C10H14O/c1-6-13(2,3)12(16)17-14(4,5)11-7-9-15-10-8-11;1-5-12(2,3)11(14)15-13(4)9-7-6-8-10-13;1-3-8(2)9-5-4-6-10(11)7-9/h7-10H,6H2,1-5H3;7,9H,5-6,8,10H2,1-4H3;4-8,11H,3H2,1-2H3. The van der Waals surface area contributed by atoms with Crippen LogP contribution in [-0.4, -0.2) is 27.6 Å². The fourth-order valence-corrected chi connectivity index (χ4v) is 3.96. The average Bonchev–Trinajstić information content (AvgIpc) is 2.97. The third-order valence-corrected chi connectivity index (χ3v) is 8.49. The first-order valence-electron chi connectivity index (χ1n) is 15.8. The number of benzene rings is 1. The van der Waals surface area contributed by atoms with Crippen LogP contribution in [0.2, 0.25) is 0 Å². The van der Waals surface area contributed by atoms with Crippen molar-refractivity contribution in [3.8, 4) is 5.75 Å². The van der Waals surface area contributed by atoms with E-state index in [9.17, 15) is 9.59 Å². The summed E-state index contributed by atoms with van der Waals surface area (Å²) in [7, 11) is 0. The molecule has 6 heteroatoms. The van der Waals surface area contributed by atoms with Gasteiger partial charge in [-0.2, -0.15) is 0 Å². The Kier molecular flexibility index (Phi) is 14.6. The highest BCUT2D eigenvalue weighted by molar-refractivity contribution is 5.76. The van der Waals surface area contributed by atoms with Crippen molar-refractivity contribution in [2.45, 2.75) is 132 Å². The molecule has 1 aromatic heterocycles. The van der Waals surface area contributed by atoms with E-state index in [1.54, 1.807) is 18.5 Å². The van der Waals surface area contributed by atoms with Crippen LogP contribution in [0.5, 0.6) is 5.75 Å². The molecular weight excluding hydrogens is 538 g/mol. The van der Waals surface area contributed by atoms with Crippen molar-refractivity contribution in [2.75, 3.05) is 0 Å². The van der Waals surface area contributed by atoms with Crippen LogP contribution in [-0.2, 0) is 24.7 Å². The minimum absolute atomic E-state index is 0.0842. The van der Waals surface area contributed by atoms with Gasteiger partial charge in [0.25, 0.3) is 0 Å². The van der Waals surface area contributed by atoms with Crippen molar-refractivity contribution in [1.82, 2.24) is 4.98 Å². The highest BCUT2D eigenvalue weighted by Crippen LogP contribution is 2.31. The van der Waals surface area contributed by atoms with E-state index in [2.05, 4.69) is 24.9 Å². The number of phenols is 1. The lowest BCUT2D eigenvalue weighted by molar-refractivity contribution is -0.168. The fourth-order valence-electron chi connectivity index (χ4n) is 3.96. The maximum atomic E-state index is 12.0. The highest BCUT2D eigenvalue weighted by Gasteiger charge is 2.35.